The summed E-state index contributed by atoms with van der Waals surface area (Å²) in [4.78, 5) is 25.5. The zero-order valence-electron chi connectivity index (χ0n) is 21.7. The molecule has 2 N–H and O–H groups in total. The molecule has 0 saturated carbocycles. The number of benzene rings is 3. The Labute approximate surface area is 223 Å². The molecule has 0 aliphatic rings. The quantitative estimate of drug-likeness (QED) is 0.147. The second kappa shape index (κ2) is 12.8. The van der Waals surface area contributed by atoms with E-state index in [1.165, 1.54) is 12.1 Å². The molecule has 3 aromatic carbocycles. The lowest BCUT2D eigenvalue weighted by molar-refractivity contribution is 0.0682. The van der Waals surface area contributed by atoms with E-state index in [9.17, 15) is 22.6 Å². The molecule has 0 aliphatic heterocycles. The molecule has 0 fully saturated rings. The van der Waals surface area contributed by atoms with E-state index in [-0.39, 0.29) is 17.0 Å². The lowest BCUT2D eigenvalue weighted by Gasteiger charge is -2.22. The highest BCUT2D eigenvalue weighted by atomic mass is 32.2. The number of carbonyl (C=O) groups is 2. The second-order valence-electron chi connectivity index (χ2n) is 9.98. The van der Waals surface area contributed by atoms with Crippen molar-refractivity contribution in [2.75, 3.05) is 12.3 Å². The van der Waals surface area contributed by atoms with Gasteiger partial charge in [0.15, 0.2) is 11.5 Å². The summed E-state index contributed by atoms with van der Waals surface area (Å²) in [6.07, 6.45) is 1.08. The first-order valence-electron chi connectivity index (χ1n) is 12.3. The highest BCUT2D eigenvalue weighted by Crippen LogP contribution is 2.34. The Kier molecular flexibility index (Phi) is 9.79. The van der Waals surface area contributed by atoms with Crippen LogP contribution < -0.4 is 14.8 Å². The zero-order valence-corrected chi connectivity index (χ0v) is 22.5. The van der Waals surface area contributed by atoms with E-state index in [2.05, 4.69) is 5.32 Å². The van der Waals surface area contributed by atoms with Gasteiger partial charge in [0, 0.05) is 11.5 Å². The fourth-order valence-electron chi connectivity index (χ4n) is 3.82. The summed E-state index contributed by atoms with van der Waals surface area (Å²) in [5.41, 5.74) is 1.03. The second-order valence-corrected chi connectivity index (χ2v) is 11.5. The van der Waals surface area contributed by atoms with Crippen molar-refractivity contribution < 1.29 is 32.0 Å². The van der Waals surface area contributed by atoms with Gasteiger partial charge in [-0.3, -0.25) is 4.55 Å². The standard InChI is InChI=1S/C29H33NO7S/c1-29(2,3)30-18-10-15-24(20-38(33,34)35)23-16-17-25(36-27(31)21-11-6-4-7-12-21)26(19-23)37-28(32)22-13-8-5-9-14-22/h4-9,11-14,16-17,19,24,30H,10,15,18,20H2,1-3H3,(H,33,34,35). The van der Waals surface area contributed by atoms with Crippen molar-refractivity contribution in [2.45, 2.75) is 45.1 Å². The molecule has 3 rings (SSSR count). The Morgan fingerprint density at radius 1 is 0.842 bits per heavy atom. The minimum absolute atomic E-state index is 0.00638. The van der Waals surface area contributed by atoms with Gasteiger partial charge in [0.1, 0.15) is 0 Å². The number of rotatable bonds is 11. The molecular weight excluding hydrogens is 506 g/mol. The maximum absolute atomic E-state index is 12.8. The van der Waals surface area contributed by atoms with Gasteiger partial charge in [-0.15, -0.1) is 0 Å². The highest BCUT2D eigenvalue weighted by Gasteiger charge is 2.23. The van der Waals surface area contributed by atoms with Crippen LogP contribution in [0, 0.1) is 0 Å². The van der Waals surface area contributed by atoms with Crippen LogP contribution in [0.4, 0.5) is 0 Å². The lowest BCUT2D eigenvalue weighted by atomic mass is 9.95. The Hall–Kier alpha value is -3.53. The predicted molar refractivity (Wildman–Crippen MR) is 145 cm³/mol. The van der Waals surface area contributed by atoms with E-state index in [4.69, 9.17) is 9.47 Å². The van der Waals surface area contributed by atoms with E-state index in [0.717, 1.165) is 0 Å². The summed E-state index contributed by atoms with van der Waals surface area (Å²) >= 11 is 0. The van der Waals surface area contributed by atoms with Gasteiger partial charge in [0.05, 0.1) is 16.9 Å². The summed E-state index contributed by atoms with van der Waals surface area (Å²) < 4.78 is 44.4. The smallest absolute Gasteiger partial charge is 0.343 e. The molecule has 0 spiro atoms. The summed E-state index contributed by atoms with van der Waals surface area (Å²) in [6, 6.07) is 21.2. The van der Waals surface area contributed by atoms with E-state index in [1.807, 2.05) is 20.8 Å². The average molecular weight is 540 g/mol. The zero-order chi connectivity index (χ0) is 27.8. The molecule has 1 unspecified atom stereocenters. The first kappa shape index (κ1) is 29.0. The van der Waals surface area contributed by atoms with Crippen molar-refractivity contribution in [1.29, 1.82) is 0 Å². The molecule has 0 bridgehead atoms. The van der Waals surface area contributed by atoms with Crippen molar-refractivity contribution >= 4 is 22.1 Å². The Bertz CT molecular complexity index is 1330. The molecule has 0 amide bonds. The van der Waals surface area contributed by atoms with Crippen molar-refractivity contribution in [3.8, 4) is 11.5 Å². The van der Waals surface area contributed by atoms with E-state index < -0.39 is 33.7 Å². The van der Waals surface area contributed by atoms with E-state index >= 15 is 0 Å². The Morgan fingerprint density at radius 2 is 1.37 bits per heavy atom. The molecule has 0 saturated heterocycles. The molecule has 9 heteroatoms. The van der Waals surface area contributed by atoms with Gasteiger partial charge in [-0.05, 0) is 82.1 Å². The third-order valence-corrected chi connectivity index (χ3v) is 6.48. The van der Waals surface area contributed by atoms with Crippen molar-refractivity contribution in [1.82, 2.24) is 5.32 Å². The molecule has 0 radical (unpaired) electrons. The number of nitrogens with one attached hydrogen (secondary N) is 1. The molecule has 202 valence electrons. The van der Waals surface area contributed by atoms with Crippen LogP contribution in [-0.4, -0.2) is 42.7 Å². The average Bonchev–Trinajstić information content (AvgIpc) is 2.86. The summed E-state index contributed by atoms with van der Waals surface area (Å²) in [5.74, 6) is -2.42. The molecule has 0 heterocycles. The van der Waals surface area contributed by atoms with Crippen LogP contribution in [-0.2, 0) is 10.1 Å². The molecule has 0 aliphatic carbocycles. The summed E-state index contributed by atoms with van der Waals surface area (Å²) in [5, 5.41) is 3.35. The molecule has 38 heavy (non-hydrogen) atoms. The Morgan fingerprint density at radius 3 is 1.87 bits per heavy atom. The van der Waals surface area contributed by atoms with Crippen LogP contribution in [0.25, 0.3) is 0 Å². The topological polar surface area (TPSA) is 119 Å². The number of esters is 2. The molecule has 1 atom stereocenters. The summed E-state index contributed by atoms with van der Waals surface area (Å²) in [6.45, 7) is 6.75. The fraction of sp³-hybridized carbons (Fsp3) is 0.310. The van der Waals surface area contributed by atoms with Crippen LogP contribution in [0.2, 0.25) is 0 Å². The van der Waals surface area contributed by atoms with E-state index in [1.54, 1.807) is 66.7 Å². The number of hydrogen-bond donors (Lipinski definition) is 2. The number of hydrogen-bond acceptors (Lipinski definition) is 7. The Balaban J connectivity index is 1.92. The first-order valence-corrected chi connectivity index (χ1v) is 13.9. The van der Waals surface area contributed by atoms with Gasteiger partial charge in [0.2, 0.25) is 0 Å². The van der Waals surface area contributed by atoms with Gasteiger partial charge in [-0.25, -0.2) is 9.59 Å². The maximum Gasteiger partial charge on any atom is 0.343 e. The van der Waals surface area contributed by atoms with Gasteiger partial charge in [0.25, 0.3) is 10.1 Å². The molecule has 8 nitrogen and oxygen atoms in total. The van der Waals surface area contributed by atoms with E-state index in [0.29, 0.717) is 36.1 Å². The van der Waals surface area contributed by atoms with Crippen LogP contribution in [0.1, 0.15) is 65.8 Å². The van der Waals surface area contributed by atoms with Gasteiger partial charge in [-0.2, -0.15) is 8.42 Å². The largest absolute Gasteiger partial charge is 0.419 e. The third-order valence-electron chi connectivity index (χ3n) is 5.66. The normalized spacial score (nSPS) is 12.5. The lowest BCUT2D eigenvalue weighted by Crippen LogP contribution is -2.36. The van der Waals surface area contributed by atoms with Crippen molar-refractivity contribution in [3.05, 3.63) is 95.6 Å². The fourth-order valence-corrected chi connectivity index (χ4v) is 4.69. The molecule has 0 aromatic heterocycles. The number of carbonyl (C=O) groups excluding carboxylic acids is 2. The number of ether oxygens (including phenoxy) is 2. The van der Waals surface area contributed by atoms with Crippen molar-refractivity contribution in [3.63, 3.8) is 0 Å². The van der Waals surface area contributed by atoms with Crippen molar-refractivity contribution in [2.24, 2.45) is 0 Å². The van der Waals surface area contributed by atoms with Gasteiger partial charge >= 0.3 is 11.9 Å². The van der Waals surface area contributed by atoms with Gasteiger partial charge in [-0.1, -0.05) is 42.5 Å². The predicted octanol–water partition coefficient (Wildman–Crippen LogP) is 5.26. The SMILES string of the molecule is CC(C)(C)NCCCC(CS(=O)(=O)O)c1ccc(OC(=O)c2ccccc2)c(OC(=O)c2ccccc2)c1. The molecular formula is C29H33NO7S. The monoisotopic (exact) mass is 539 g/mol. The highest BCUT2D eigenvalue weighted by molar-refractivity contribution is 7.85. The minimum Gasteiger partial charge on any atom is -0.419 e. The molecule has 3 aromatic rings. The van der Waals surface area contributed by atoms with Crippen LogP contribution >= 0.6 is 0 Å². The third kappa shape index (κ3) is 9.41. The minimum atomic E-state index is -4.29. The van der Waals surface area contributed by atoms with Crippen LogP contribution in [0.3, 0.4) is 0 Å². The summed E-state index contributed by atoms with van der Waals surface area (Å²) in [7, 11) is -4.29. The first-order chi connectivity index (χ1) is 17.9. The van der Waals surface area contributed by atoms with Gasteiger partial charge < -0.3 is 14.8 Å². The maximum atomic E-state index is 12.8. The van der Waals surface area contributed by atoms with Crippen LogP contribution in [0.5, 0.6) is 11.5 Å². The van der Waals surface area contributed by atoms with Crippen LogP contribution in [0.15, 0.2) is 78.9 Å².